The Morgan fingerprint density at radius 3 is 2.89 bits per heavy atom. The molecule has 7 nitrogen and oxygen atoms in total. The molecule has 0 aromatic carbocycles. The Hall–Kier alpha value is -1.89. The molecule has 102 valence electrons. The summed E-state index contributed by atoms with van der Waals surface area (Å²) in [6, 6.07) is 0.222. The van der Waals surface area contributed by atoms with Gasteiger partial charge in [0.1, 0.15) is 0 Å². The number of aryl methyl sites for hydroxylation is 1. The Bertz CT molecular complexity index is 544. The molecule has 2 aromatic rings. The van der Waals surface area contributed by atoms with Gasteiger partial charge in [-0.3, -0.25) is 4.68 Å². The average Bonchev–Trinajstić information content (AvgIpc) is 2.75. The maximum Gasteiger partial charge on any atom is 0.322 e. The Kier molecular flexibility index (Phi) is 4.51. The molecule has 2 aromatic heterocycles. The summed E-state index contributed by atoms with van der Waals surface area (Å²) < 4.78 is 7.03. The SMILES string of the molecule is CCOc1nc(Cl)nc(NCCn2cc(C)cn2)n1. The first-order chi connectivity index (χ1) is 9.17. The summed E-state index contributed by atoms with van der Waals surface area (Å²) >= 11 is 5.79. The Labute approximate surface area is 116 Å². The van der Waals surface area contributed by atoms with Gasteiger partial charge < -0.3 is 10.1 Å². The van der Waals surface area contributed by atoms with Crippen molar-refractivity contribution in [3.63, 3.8) is 0 Å². The van der Waals surface area contributed by atoms with Crippen LogP contribution in [0.4, 0.5) is 5.95 Å². The van der Waals surface area contributed by atoms with E-state index in [1.54, 1.807) is 0 Å². The molecule has 0 spiro atoms. The minimum absolute atomic E-state index is 0.107. The van der Waals surface area contributed by atoms with Gasteiger partial charge in [-0.1, -0.05) is 0 Å². The van der Waals surface area contributed by atoms with Crippen LogP contribution in [0.3, 0.4) is 0 Å². The van der Waals surface area contributed by atoms with E-state index >= 15 is 0 Å². The summed E-state index contributed by atoms with van der Waals surface area (Å²) in [7, 11) is 0. The van der Waals surface area contributed by atoms with Crippen molar-refractivity contribution in [3.05, 3.63) is 23.2 Å². The lowest BCUT2D eigenvalue weighted by molar-refractivity contribution is 0.312. The first-order valence-electron chi connectivity index (χ1n) is 5.94. The lowest BCUT2D eigenvalue weighted by atomic mass is 10.4. The highest BCUT2D eigenvalue weighted by molar-refractivity contribution is 6.28. The molecule has 0 saturated heterocycles. The van der Waals surface area contributed by atoms with Gasteiger partial charge in [0.15, 0.2) is 0 Å². The number of anilines is 1. The van der Waals surface area contributed by atoms with Crippen LogP contribution in [-0.2, 0) is 6.54 Å². The second-order valence-corrected chi connectivity index (χ2v) is 4.19. The molecule has 0 aliphatic carbocycles. The average molecular weight is 283 g/mol. The third-order valence-corrected chi connectivity index (χ3v) is 2.42. The fourth-order valence-corrected chi connectivity index (χ4v) is 1.63. The third kappa shape index (κ3) is 4.06. The smallest absolute Gasteiger partial charge is 0.322 e. The van der Waals surface area contributed by atoms with Gasteiger partial charge in [-0.05, 0) is 31.0 Å². The summed E-state index contributed by atoms with van der Waals surface area (Å²) in [5.74, 6) is 0.396. The maximum atomic E-state index is 5.79. The predicted molar refractivity (Wildman–Crippen MR) is 71.5 cm³/mol. The zero-order valence-electron chi connectivity index (χ0n) is 10.8. The lowest BCUT2D eigenvalue weighted by Gasteiger charge is -2.06. The van der Waals surface area contributed by atoms with Crippen LogP contribution < -0.4 is 10.1 Å². The van der Waals surface area contributed by atoms with E-state index in [1.165, 1.54) is 0 Å². The summed E-state index contributed by atoms with van der Waals surface area (Å²) in [6.45, 7) is 5.67. The molecule has 8 heteroatoms. The lowest BCUT2D eigenvalue weighted by Crippen LogP contribution is -2.13. The Morgan fingerprint density at radius 2 is 2.21 bits per heavy atom. The number of ether oxygens (including phenoxy) is 1. The molecule has 1 N–H and O–H groups in total. The van der Waals surface area contributed by atoms with Crippen molar-refractivity contribution in [2.45, 2.75) is 20.4 Å². The first kappa shape index (κ1) is 13.5. The highest BCUT2D eigenvalue weighted by atomic mass is 35.5. The van der Waals surface area contributed by atoms with Gasteiger partial charge in [-0.15, -0.1) is 0 Å². The Morgan fingerprint density at radius 1 is 1.37 bits per heavy atom. The van der Waals surface area contributed by atoms with Crippen LogP contribution in [0.1, 0.15) is 12.5 Å². The van der Waals surface area contributed by atoms with Crippen LogP contribution in [0.25, 0.3) is 0 Å². The highest BCUT2D eigenvalue weighted by Gasteiger charge is 2.05. The molecular weight excluding hydrogens is 268 g/mol. The number of rotatable bonds is 6. The van der Waals surface area contributed by atoms with E-state index in [0.717, 1.165) is 5.56 Å². The minimum Gasteiger partial charge on any atom is -0.464 e. The quantitative estimate of drug-likeness (QED) is 0.866. The first-order valence-corrected chi connectivity index (χ1v) is 6.32. The van der Waals surface area contributed by atoms with Crippen molar-refractivity contribution in [2.24, 2.45) is 0 Å². The fraction of sp³-hybridized carbons (Fsp3) is 0.455. The standard InChI is InChI=1S/C11H15ClN6O/c1-3-19-11-16-9(12)15-10(17-11)13-4-5-18-7-8(2)6-14-18/h6-7H,3-5H2,1-2H3,(H,13,15,16,17). The van der Waals surface area contributed by atoms with E-state index < -0.39 is 0 Å². The summed E-state index contributed by atoms with van der Waals surface area (Å²) in [4.78, 5) is 11.9. The largest absolute Gasteiger partial charge is 0.464 e. The molecule has 0 bridgehead atoms. The molecule has 0 atom stereocenters. The molecule has 2 heterocycles. The zero-order chi connectivity index (χ0) is 13.7. The molecule has 0 aliphatic heterocycles. The monoisotopic (exact) mass is 282 g/mol. The van der Waals surface area contributed by atoms with Crippen LogP contribution in [0.2, 0.25) is 5.28 Å². The van der Waals surface area contributed by atoms with E-state index in [2.05, 4.69) is 25.4 Å². The van der Waals surface area contributed by atoms with Crippen molar-refractivity contribution >= 4 is 17.5 Å². The molecule has 0 fully saturated rings. The molecule has 0 aliphatic rings. The maximum absolute atomic E-state index is 5.79. The van der Waals surface area contributed by atoms with Gasteiger partial charge >= 0.3 is 6.01 Å². The minimum atomic E-state index is 0.107. The summed E-state index contributed by atoms with van der Waals surface area (Å²) in [6.07, 6.45) is 3.78. The van der Waals surface area contributed by atoms with Gasteiger partial charge in [0.25, 0.3) is 0 Å². The number of aromatic nitrogens is 5. The van der Waals surface area contributed by atoms with Crippen molar-refractivity contribution in [1.29, 1.82) is 0 Å². The van der Waals surface area contributed by atoms with Crippen LogP contribution in [0.15, 0.2) is 12.4 Å². The van der Waals surface area contributed by atoms with E-state index in [9.17, 15) is 0 Å². The topological polar surface area (TPSA) is 77.8 Å². The van der Waals surface area contributed by atoms with Gasteiger partial charge in [-0.2, -0.15) is 20.1 Å². The highest BCUT2D eigenvalue weighted by Crippen LogP contribution is 2.11. The van der Waals surface area contributed by atoms with Gasteiger partial charge in [0.2, 0.25) is 11.2 Å². The van der Waals surface area contributed by atoms with E-state index in [-0.39, 0.29) is 11.3 Å². The van der Waals surface area contributed by atoms with Crippen molar-refractivity contribution in [2.75, 3.05) is 18.5 Å². The molecule has 2 rings (SSSR count). The molecule has 0 radical (unpaired) electrons. The molecule has 19 heavy (non-hydrogen) atoms. The molecule has 0 saturated carbocycles. The number of halogens is 1. The zero-order valence-corrected chi connectivity index (χ0v) is 11.6. The fourth-order valence-electron chi connectivity index (χ4n) is 1.48. The molecule has 0 amide bonds. The normalized spacial score (nSPS) is 10.5. The third-order valence-electron chi connectivity index (χ3n) is 2.25. The van der Waals surface area contributed by atoms with Crippen molar-refractivity contribution < 1.29 is 4.74 Å². The molecule has 0 unspecified atom stereocenters. The van der Waals surface area contributed by atoms with Gasteiger partial charge in [0.05, 0.1) is 19.3 Å². The van der Waals surface area contributed by atoms with Crippen LogP contribution in [-0.4, -0.2) is 37.9 Å². The van der Waals surface area contributed by atoms with Crippen LogP contribution in [0, 0.1) is 6.92 Å². The van der Waals surface area contributed by atoms with E-state index in [1.807, 2.05) is 30.9 Å². The van der Waals surface area contributed by atoms with E-state index in [0.29, 0.717) is 25.6 Å². The second-order valence-electron chi connectivity index (χ2n) is 3.85. The number of nitrogens with zero attached hydrogens (tertiary/aromatic N) is 5. The number of hydrogen-bond acceptors (Lipinski definition) is 6. The predicted octanol–water partition coefficient (Wildman–Crippen LogP) is 1.54. The summed E-state index contributed by atoms with van der Waals surface area (Å²) in [5.41, 5.74) is 1.13. The van der Waals surface area contributed by atoms with Crippen molar-refractivity contribution in [3.8, 4) is 6.01 Å². The molecular formula is C11H15ClN6O. The van der Waals surface area contributed by atoms with Crippen LogP contribution in [0.5, 0.6) is 6.01 Å². The number of nitrogens with one attached hydrogen (secondary N) is 1. The van der Waals surface area contributed by atoms with E-state index in [4.69, 9.17) is 16.3 Å². The number of hydrogen-bond donors (Lipinski definition) is 1. The van der Waals surface area contributed by atoms with Gasteiger partial charge in [-0.25, -0.2) is 0 Å². The summed E-state index contributed by atoms with van der Waals surface area (Å²) in [5, 5.41) is 7.35. The second kappa shape index (κ2) is 6.33. The van der Waals surface area contributed by atoms with Gasteiger partial charge in [0, 0.05) is 12.7 Å². The van der Waals surface area contributed by atoms with Crippen LogP contribution >= 0.6 is 11.6 Å². The Balaban J connectivity index is 1.91. The van der Waals surface area contributed by atoms with Crippen molar-refractivity contribution in [1.82, 2.24) is 24.7 Å².